The van der Waals surface area contributed by atoms with E-state index in [-0.39, 0.29) is 23.2 Å². The van der Waals surface area contributed by atoms with E-state index < -0.39 is 41.5 Å². The minimum absolute atomic E-state index is 0.191. The number of nitrogens with zero attached hydrogens (tertiary/aromatic N) is 2. The van der Waals surface area contributed by atoms with Gasteiger partial charge in [0.25, 0.3) is 0 Å². The standard InChI is InChI=1S/C30H37BrN4O5/c1-4-34(5-2)20-13-11-19(12-14-20)33-28(38)26-30-16-22(31)25(40-30)23(27(37)32-3)24(30)29(39)35(26)21(17-36)15-18-9-7-6-8-10-18/h6-14,21-26,36H,4-5,15-17H2,1-3H3,(H,32,37)(H,33,38)/t21-,22?,23-,24+,25-,26?,30?/m1/s1. The molecule has 3 fully saturated rings. The van der Waals surface area contributed by atoms with Gasteiger partial charge in [0.1, 0.15) is 11.6 Å². The van der Waals surface area contributed by atoms with E-state index in [1.54, 1.807) is 7.05 Å². The van der Waals surface area contributed by atoms with Crippen molar-refractivity contribution in [2.24, 2.45) is 11.8 Å². The smallest absolute Gasteiger partial charge is 0.250 e. The first-order chi connectivity index (χ1) is 19.3. The SMILES string of the molecule is CCN(CC)c1ccc(NC(=O)C2N([C@@H](CO)Cc3ccccc3)C(=O)[C@@H]3[C@@H](C(=O)NC)[C@@H]4OC23CC4Br)cc1. The number of hydrogen-bond donors (Lipinski definition) is 3. The number of halogens is 1. The van der Waals surface area contributed by atoms with Crippen molar-refractivity contribution in [1.29, 1.82) is 0 Å². The predicted octanol–water partition coefficient (Wildman–Crippen LogP) is 2.57. The van der Waals surface area contributed by atoms with Gasteiger partial charge in [-0.2, -0.15) is 0 Å². The number of carbonyl (C=O) groups is 3. The first-order valence-electron chi connectivity index (χ1n) is 14.0. The summed E-state index contributed by atoms with van der Waals surface area (Å²) < 4.78 is 6.51. The molecule has 0 saturated carbocycles. The molecule has 9 nitrogen and oxygen atoms in total. The van der Waals surface area contributed by atoms with Gasteiger partial charge in [-0.25, -0.2) is 0 Å². The molecule has 214 valence electrons. The Morgan fingerprint density at radius 3 is 2.40 bits per heavy atom. The zero-order valence-corrected chi connectivity index (χ0v) is 24.6. The monoisotopic (exact) mass is 612 g/mol. The van der Waals surface area contributed by atoms with Crippen LogP contribution in [0, 0.1) is 11.8 Å². The summed E-state index contributed by atoms with van der Waals surface area (Å²) in [5.74, 6) is -2.57. The molecule has 3 saturated heterocycles. The number of carbonyl (C=O) groups excluding carboxylic acids is 3. The highest BCUT2D eigenvalue weighted by molar-refractivity contribution is 9.09. The summed E-state index contributed by atoms with van der Waals surface area (Å²) in [4.78, 5) is 44.9. The second-order valence-corrected chi connectivity index (χ2v) is 11.9. The maximum atomic E-state index is 14.2. The van der Waals surface area contributed by atoms with Gasteiger partial charge in [-0.05, 0) is 56.5 Å². The van der Waals surface area contributed by atoms with Gasteiger partial charge in [-0.15, -0.1) is 0 Å². The molecule has 3 aliphatic rings. The van der Waals surface area contributed by atoms with Crippen LogP contribution in [0.5, 0.6) is 0 Å². The van der Waals surface area contributed by atoms with Crippen molar-refractivity contribution in [3.63, 3.8) is 0 Å². The lowest BCUT2D eigenvalue weighted by Gasteiger charge is -2.37. The van der Waals surface area contributed by atoms with Crippen LogP contribution in [0.4, 0.5) is 11.4 Å². The van der Waals surface area contributed by atoms with Gasteiger partial charge in [0.15, 0.2) is 0 Å². The summed E-state index contributed by atoms with van der Waals surface area (Å²) in [5.41, 5.74) is 1.39. The largest absolute Gasteiger partial charge is 0.394 e. The molecule has 10 heteroatoms. The maximum absolute atomic E-state index is 14.2. The van der Waals surface area contributed by atoms with Crippen molar-refractivity contribution >= 4 is 45.0 Å². The van der Waals surface area contributed by atoms with Crippen LogP contribution in [-0.2, 0) is 25.5 Å². The Hall–Kier alpha value is -2.95. The summed E-state index contributed by atoms with van der Waals surface area (Å²) in [6.07, 6.45) is 0.238. The third-order valence-corrected chi connectivity index (χ3v) is 9.55. The minimum atomic E-state index is -1.19. The van der Waals surface area contributed by atoms with E-state index in [4.69, 9.17) is 4.74 Å². The van der Waals surface area contributed by atoms with E-state index in [2.05, 4.69) is 45.3 Å². The highest BCUT2D eigenvalue weighted by atomic mass is 79.9. The highest BCUT2D eigenvalue weighted by Crippen LogP contribution is 2.60. The number of anilines is 2. The van der Waals surface area contributed by atoms with E-state index in [0.29, 0.717) is 18.5 Å². The van der Waals surface area contributed by atoms with Gasteiger partial charge < -0.3 is 30.3 Å². The molecule has 3 amide bonds. The topological polar surface area (TPSA) is 111 Å². The van der Waals surface area contributed by atoms with Crippen LogP contribution in [0.1, 0.15) is 25.8 Å². The van der Waals surface area contributed by atoms with Crippen LogP contribution in [-0.4, -0.2) is 83.1 Å². The molecule has 2 aromatic rings. The Kier molecular flexibility index (Phi) is 8.22. The van der Waals surface area contributed by atoms with Crippen LogP contribution in [0.3, 0.4) is 0 Å². The van der Waals surface area contributed by atoms with Crippen molar-refractivity contribution in [2.45, 2.75) is 55.3 Å². The van der Waals surface area contributed by atoms with Gasteiger partial charge in [0, 0.05) is 36.3 Å². The van der Waals surface area contributed by atoms with Crippen LogP contribution in [0.2, 0.25) is 0 Å². The Morgan fingerprint density at radius 1 is 1.12 bits per heavy atom. The Labute approximate surface area is 243 Å². The van der Waals surface area contributed by atoms with Gasteiger partial charge in [0.05, 0.1) is 30.6 Å². The molecular weight excluding hydrogens is 576 g/mol. The third-order valence-electron chi connectivity index (χ3n) is 8.71. The average molecular weight is 614 g/mol. The quantitative estimate of drug-likeness (QED) is 0.356. The lowest BCUT2D eigenvalue weighted by atomic mass is 9.70. The molecule has 3 unspecified atom stereocenters. The number of amides is 3. The fourth-order valence-corrected chi connectivity index (χ4v) is 7.86. The Bertz CT molecular complexity index is 1240. The number of alkyl halides is 1. The molecule has 5 rings (SSSR count). The molecule has 40 heavy (non-hydrogen) atoms. The van der Waals surface area contributed by atoms with E-state index in [1.807, 2.05) is 54.6 Å². The van der Waals surface area contributed by atoms with Crippen LogP contribution in [0.25, 0.3) is 0 Å². The van der Waals surface area contributed by atoms with Crippen molar-refractivity contribution in [2.75, 3.05) is 37.0 Å². The molecule has 3 aliphatic heterocycles. The van der Waals surface area contributed by atoms with E-state index >= 15 is 0 Å². The van der Waals surface area contributed by atoms with Crippen LogP contribution >= 0.6 is 15.9 Å². The van der Waals surface area contributed by atoms with Gasteiger partial charge in [-0.1, -0.05) is 46.3 Å². The van der Waals surface area contributed by atoms with E-state index in [0.717, 1.165) is 24.3 Å². The van der Waals surface area contributed by atoms with Crippen LogP contribution < -0.4 is 15.5 Å². The molecule has 1 spiro atoms. The molecule has 2 aromatic carbocycles. The summed E-state index contributed by atoms with van der Waals surface area (Å²) in [5, 5.41) is 16.2. The lowest BCUT2D eigenvalue weighted by molar-refractivity contribution is -0.143. The normalized spacial score (nSPS) is 29.3. The summed E-state index contributed by atoms with van der Waals surface area (Å²) in [6, 6.07) is 15.5. The number of ether oxygens (including phenoxy) is 1. The zero-order chi connectivity index (χ0) is 28.6. The number of nitrogens with one attached hydrogen (secondary N) is 2. The van der Waals surface area contributed by atoms with Crippen molar-refractivity contribution < 1.29 is 24.2 Å². The number of benzene rings is 2. The number of fused-ring (bicyclic) bond motifs is 1. The fourth-order valence-electron chi connectivity index (χ4n) is 6.92. The first-order valence-corrected chi connectivity index (χ1v) is 14.9. The number of aliphatic hydroxyl groups excluding tert-OH is 1. The fraction of sp³-hybridized carbons (Fsp3) is 0.500. The molecule has 2 bridgehead atoms. The van der Waals surface area contributed by atoms with Crippen LogP contribution in [0.15, 0.2) is 54.6 Å². The molecule has 0 aliphatic carbocycles. The summed E-state index contributed by atoms with van der Waals surface area (Å²) in [6.45, 7) is 5.58. The van der Waals surface area contributed by atoms with Gasteiger partial charge in [-0.3, -0.25) is 14.4 Å². The van der Waals surface area contributed by atoms with Crippen molar-refractivity contribution in [3.8, 4) is 0 Å². The molecule has 3 N–H and O–H groups in total. The molecule has 0 aromatic heterocycles. The summed E-state index contributed by atoms with van der Waals surface area (Å²) >= 11 is 3.67. The summed E-state index contributed by atoms with van der Waals surface area (Å²) in [7, 11) is 1.54. The first kappa shape index (κ1) is 28.6. The molecule has 7 atom stereocenters. The molecular formula is C30H37BrN4O5. The Balaban J connectivity index is 1.51. The molecule has 0 radical (unpaired) electrons. The lowest BCUT2D eigenvalue weighted by Crippen LogP contribution is -2.57. The number of aliphatic hydroxyl groups is 1. The van der Waals surface area contributed by atoms with Gasteiger partial charge >= 0.3 is 0 Å². The minimum Gasteiger partial charge on any atom is -0.394 e. The third kappa shape index (κ3) is 4.69. The zero-order valence-electron chi connectivity index (χ0n) is 23.0. The van der Waals surface area contributed by atoms with E-state index in [9.17, 15) is 19.5 Å². The second-order valence-electron chi connectivity index (χ2n) is 10.8. The highest BCUT2D eigenvalue weighted by Gasteiger charge is 2.77. The number of hydrogen-bond acceptors (Lipinski definition) is 6. The van der Waals surface area contributed by atoms with E-state index in [1.165, 1.54) is 4.90 Å². The maximum Gasteiger partial charge on any atom is 0.250 e. The van der Waals surface area contributed by atoms with Gasteiger partial charge in [0.2, 0.25) is 17.7 Å². The van der Waals surface area contributed by atoms with Crippen molar-refractivity contribution in [1.82, 2.24) is 10.2 Å². The second kappa shape index (κ2) is 11.5. The number of likely N-dealkylation sites (tertiary alicyclic amines) is 1. The molecule has 3 heterocycles. The Morgan fingerprint density at radius 2 is 1.80 bits per heavy atom. The van der Waals surface area contributed by atoms with Crippen molar-refractivity contribution in [3.05, 3.63) is 60.2 Å². The number of rotatable bonds is 10. The average Bonchev–Trinajstić information content (AvgIpc) is 3.56. The predicted molar refractivity (Wildman–Crippen MR) is 156 cm³/mol.